The zero-order valence-electron chi connectivity index (χ0n) is 18.4. The van der Waals surface area contributed by atoms with E-state index < -0.39 is 5.54 Å². The lowest BCUT2D eigenvalue weighted by Gasteiger charge is -2.40. The molecule has 2 saturated heterocycles. The molecule has 0 bridgehead atoms. The maximum absolute atomic E-state index is 13.1. The molecule has 0 aromatic heterocycles. The molecule has 3 amide bonds. The van der Waals surface area contributed by atoms with Crippen molar-refractivity contribution in [1.82, 2.24) is 15.5 Å². The maximum atomic E-state index is 13.1. The van der Waals surface area contributed by atoms with Crippen molar-refractivity contribution in [2.45, 2.75) is 18.4 Å². The quantitative estimate of drug-likeness (QED) is 0.660. The van der Waals surface area contributed by atoms with E-state index in [1.807, 2.05) is 48.5 Å². The minimum atomic E-state index is -0.659. The molecule has 3 aliphatic rings. The van der Waals surface area contributed by atoms with Crippen molar-refractivity contribution in [2.24, 2.45) is 5.92 Å². The lowest BCUT2D eigenvalue weighted by Crippen LogP contribution is -2.69. The Balaban J connectivity index is 1.24. The average molecular weight is 449 g/mol. The first-order chi connectivity index (χ1) is 16.0. The minimum Gasteiger partial charge on any atom is -0.376 e. The normalized spacial score (nSPS) is 20.1. The molecule has 2 aromatic rings. The lowest BCUT2D eigenvalue weighted by molar-refractivity contribution is -0.147. The third-order valence-corrected chi connectivity index (χ3v) is 6.47. The Morgan fingerprint density at radius 3 is 2.45 bits per heavy atom. The van der Waals surface area contributed by atoms with Crippen LogP contribution in [0.1, 0.15) is 23.2 Å². The molecule has 1 spiro atoms. The second kappa shape index (κ2) is 8.96. The number of rotatable bonds is 4. The summed E-state index contributed by atoms with van der Waals surface area (Å²) in [6, 6.07) is 15.2. The van der Waals surface area contributed by atoms with Crippen molar-refractivity contribution in [3.8, 4) is 11.1 Å². The van der Waals surface area contributed by atoms with Crippen LogP contribution in [-0.2, 0) is 14.3 Å². The summed E-state index contributed by atoms with van der Waals surface area (Å²) < 4.78 is 5.23. The third-order valence-electron chi connectivity index (χ3n) is 6.47. The van der Waals surface area contributed by atoms with Crippen LogP contribution < -0.4 is 16.0 Å². The molecule has 33 heavy (non-hydrogen) atoms. The van der Waals surface area contributed by atoms with E-state index in [-0.39, 0.29) is 23.6 Å². The molecule has 0 unspecified atom stereocenters. The molecule has 8 nitrogen and oxygen atoms in total. The Kier molecular flexibility index (Phi) is 5.86. The SMILES string of the molecule is O=C(Nc1cccc(-c2ccc(C(=O)N3CCNC(=O)C4(COC4)NCC3)cc2)c1)C1CC1. The molecule has 1 saturated carbocycles. The number of carbonyl (C=O) groups excluding carboxylic acids is 3. The van der Waals surface area contributed by atoms with Crippen LogP contribution in [-0.4, -0.2) is 67.6 Å². The van der Waals surface area contributed by atoms with Crippen LogP contribution in [0.2, 0.25) is 0 Å². The molecular weight excluding hydrogens is 420 g/mol. The van der Waals surface area contributed by atoms with Gasteiger partial charge in [0.15, 0.2) is 0 Å². The average Bonchev–Trinajstić information content (AvgIpc) is 3.64. The third kappa shape index (κ3) is 4.62. The van der Waals surface area contributed by atoms with Gasteiger partial charge in [-0.05, 0) is 48.2 Å². The van der Waals surface area contributed by atoms with Gasteiger partial charge in [-0.25, -0.2) is 0 Å². The number of amides is 3. The maximum Gasteiger partial charge on any atom is 0.253 e. The second-order valence-corrected chi connectivity index (χ2v) is 8.97. The molecule has 3 fully saturated rings. The second-order valence-electron chi connectivity index (χ2n) is 8.97. The van der Waals surface area contributed by atoms with Gasteiger partial charge >= 0.3 is 0 Å². The van der Waals surface area contributed by atoms with Crippen LogP contribution in [0.25, 0.3) is 11.1 Å². The Bertz CT molecular complexity index is 1060. The largest absolute Gasteiger partial charge is 0.376 e. The van der Waals surface area contributed by atoms with E-state index in [1.54, 1.807) is 4.90 Å². The smallest absolute Gasteiger partial charge is 0.253 e. The van der Waals surface area contributed by atoms with Gasteiger partial charge < -0.3 is 20.3 Å². The number of ether oxygens (including phenoxy) is 1. The van der Waals surface area contributed by atoms with E-state index in [2.05, 4.69) is 16.0 Å². The molecule has 0 atom stereocenters. The number of carbonyl (C=O) groups is 3. The van der Waals surface area contributed by atoms with Crippen molar-refractivity contribution in [3.63, 3.8) is 0 Å². The number of nitrogens with zero attached hydrogens (tertiary/aromatic N) is 1. The Hall–Kier alpha value is -3.23. The first-order valence-corrected chi connectivity index (χ1v) is 11.5. The summed E-state index contributed by atoms with van der Waals surface area (Å²) in [5.74, 6) is 0.105. The predicted octanol–water partition coefficient (Wildman–Crippen LogP) is 1.63. The molecule has 172 valence electrons. The van der Waals surface area contributed by atoms with Crippen molar-refractivity contribution in [1.29, 1.82) is 0 Å². The van der Waals surface area contributed by atoms with Crippen LogP contribution in [0.5, 0.6) is 0 Å². The van der Waals surface area contributed by atoms with Gasteiger partial charge in [-0.2, -0.15) is 0 Å². The van der Waals surface area contributed by atoms with E-state index in [4.69, 9.17) is 4.74 Å². The highest BCUT2D eigenvalue weighted by Gasteiger charge is 2.45. The number of hydrogen-bond donors (Lipinski definition) is 3. The standard InChI is InChI=1S/C25H28N4O4/c30-22(18-6-7-18)28-21-3-1-2-20(14-21)17-4-8-19(9-5-17)23(31)29-12-10-26-24(32)25(15-33-16-25)27-11-13-29/h1-5,8-9,14,18,27H,6-7,10-13,15-16H2,(H,26,32)(H,28,30). The Morgan fingerprint density at radius 2 is 1.76 bits per heavy atom. The van der Waals surface area contributed by atoms with Crippen LogP contribution in [0.15, 0.2) is 48.5 Å². The van der Waals surface area contributed by atoms with Gasteiger partial charge in [0.1, 0.15) is 5.54 Å². The molecule has 2 aliphatic heterocycles. The van der Waals surface area contributed by atoms with Crippen molar-refractivity contribution >= 4 is 23.4 Å². The molecule has 8 heteroatoms. The van der Waals surface area contributed by atoms with E-state index in [1.165, 1.54) is 0 Å². The number of hydrogen-bond acceptors (Lipinski definition) is 5. The van der Waals surface area contributed by atoms with Gasteiger partial charge in [0.25, 0.3) is 5.91 Å². The molecule has 2 aromatic carbocycles. The first kappa shape index (κ1) is 21.6. The van der Waals surface area contributed by atoms with Gasteiger partial charge in [0, 0.05) is 43.3 Å². The van der Waals surface area contributed by atoms with Gasteiger partial charge in [0.05, 0.1) is 13.2 Å². The van der Waals surface area contributed by atoms with Crippen molar-refractivity contribution in [3.05, 3.63) is 54.1 Å². The van der Waals surface area contributed by atoms with Gasteiger partial charge in [-0.1, -0.05) is 24.3 Å². The summed E-state index contributed by atoms with van der Waals surface area (Å²) in [6.07, 6.45) is 1.94. The zero-order chi connectivity index (χ0) is 22.8. The fraction of sp³-hybridized carbons (Fsp3) is 0.400. The Morgan fingerprint density at radius 1 is 1.00 bits per heavy atom. The fourth-order valence-electron chi connectivity index (χ4n) is 4.19. The zero-order valence-corrected chi connectivity index (χ0v) is 18.4. The summed E-state index contributed by atoms with van der Waals surface area (Å²) in [6.45, 7) is 2.62. The summed E-state index contributed by atoms with van der Waals surface area (Å²) in [5.41, 5.74) is 2.67. The minimum absolute atomic E-state index is 0.0659. The predicted molar refractivity (Wildman–Crippen MR) is 124 cm³/mol. The molecule has 3 N–H and O–H groups in total. The van der Waals surface area contributed by atoms with Crippen molar-refractivity contribution < 1.29 is 19.1 Å². The molecule has 0 radical (unpaired) electrons. The Labute approximate surface area is 192 Å². The summed E-state index contributed by atoms with van der Waals surface area (Å²) in [4.78, 5) is 39.3. The highest BCUT2D eigenvalue weighted by atomic mass is 16.5. The number of anilines is 1. The van der Waals surface area contributed by atoms with Crippen molar-refractivity contribution in [2.75, 3.05) is 44.7 Å². The van der Waals surface area contributed by atoms with Gasteiger partial charge in [-0.15, -0.1) is 0 Å². The molecule has 1 aliphatic carbocycles. The summed E-state index contributed by atoms with van der Waals surface area (Å²) >= 11 is 0. The highest BCUT2D eigenvalue weighted by Crippen LogP contribution is 2.31. The van der Waals surface area contributed by atoms with E-state index in [0.717, 1.165) is 29.7 Å². The number of benzene rings is 2. The molecule has 2 heterocycles. The van der Waals surface area contributed by atoms with E-state index >= 15 is 0 Å². The molecular formula is C25H28N4O4. The van der Waals surface area contributed by atoms with E-state index in [0.29, 0.717) is 45.0 Å². The topological polar surface area (TPSA) is 99.8 Å². The van der Waals surface area contributed by atoms with Gasteiger partial charge in [-0.3, -0.25) is 19.7 Å². The van der Waals surface area contributed by atoms with Crippen LogP contribution in [0.4, 0.5) is 5.69 Å². The van der Waals surface area contributed by atoms with Crippen LogP contribution >= 0.6 is 0 Å². The highest BCUT2D eigenvalue weighted by molar-refractivity contribution is 5.96. The first-order valence-electron chi connectivity index (χ1n) is 11.5. The van der Waals surface area contributed by atoms with Crippen LogP contribution in [0.3, 0.4) is 0 Å². The lowest BCUT2D eigenvalue weighted by atomic mass is 9.96. The monoisotopic (exact) mass is 448 g/mol. The number of nitrogens with one attached hydrogen (secondary N) is 3. The molecule has 5 rings (SSSR count). The fourth-order valence-corrected chi connectivity index (χ4v) is 4.19. The van der Waals surface area contributed by atoms with Crippen LogP contribution in [0, 0.1) is 5.92 Å². The summed E-state index contributed by atoms with van der Waals surface area (Å²) in [5, 5.41) is 9.14. The van der Waals surface area contributed by atoms with Gasteiger partial charge in [0.2, 0.25) is 11.8 Å². The van der Waals surface area contributed by atoms with E-state index in [9.17, 15) is 14.4 Å². The summed E-state index contributed by atoms with van der Waals surface area (Å²) in [7, 11) is 0.